The number of allylic oxidation sites excluding steroid dienone is 1. The highest BCUT2D eigenvalue weighted by molar-refractivity contribution is 7.89. The molecular formula is C17H22FN3O2S. The van der Waals surface area contributed by atoms with Gasteiger partial charge in [0.1, 0.15) is 11.4 Å². The van der Waals surface area contributed by atoms with Crippen LogP contribution >= 0.6 is 0 Å². The Morgan fingerprint density at radius 3 is 2.75 bits per heavy atom. The summed E-state index contributed by atoms with van der Waals surface area (Å²) in [5, 5.41) is 0. The molecule has 0 unspecified atom stereocenters. The van der Waals surface area contributed by atoms with E-state index in [1.165, 1.54) is 18.7 Å². The van der Waals surface area contributed by atoms with Crippen LogP contribution in [0, 0.1) is 5.82 Å². The van der Waals surface area contributed by atoms with Gasteiger partial charge in [-0.15, -0.1) is 0 Å². The maximum absolute atomic E-state index is 14.7. The number of nitrogens with zero attached hydrogens (tertiary/aromatic N) is 2. The molecule has 1 aromatic rings. The predicted molar refractivity (Wildman–Crippen MR) is 93.5 cm³/mol. The van der Waals surface area contributed by atoms with E-state index in [1.807, 2.05) is 6.08 Å². The number of rotatable bonds is 3. The van der Waals surface area contributed by atoms with Gasteiger partial charge in [0.2, 0.25) is 16.0 Å². The van der Waals surface area contributed by atoms with Gasteiger partial charge in [0.15, 0.2) is 0 Å². The first-order valence-electron chi connectivity index (χ1n) is 8.00. The van der Waals surface area contributed by atoms with Crippen molar-refractivity contribution in [2.45, 2.75) is 38.6 Å². The third-order valence-electron chi connectivity index (χ3n) is 4.72. The molecule has 0 radical (unpaired) electrons. The van der Waals surface area contributed by atoms with Gasteiger partial charge in [0, 0.05) is 12.6 Å². The molecule has 1 atom stereocenters. The van der Waals surface area contributed by atoms with E-state index in [2.05, 4.69) is 11.9 Å². The van der Waals surface area contributed by atoms with Gasteiger partial charge >= 0.3 is 0 Å². The first-order valence-corrected chi connectivity index (χ1v) is 9.61. The lowest BCUT2D eigenvalue weighted by molar-refractivity contribution is 0.457. The van der Waals surface area contributed by atoms with Crippen LogP contribution < -0.4 is 5.73 Å². The molecule has 1 aliphatic heterocycles. The van der Waals surface area contributed by atoms with E-state index in [0.29, 0.717) is 0 Å². The minimum atomic E-state index is -3.62. The maximum Gasteiger partial charge on any atom is 0.239 e. The molecule has 1 aromatic carbocycles. The third-order valence-corrected chi connectivity index (χ3v) is 6.67. The second-order valence-corrected chi connectivity index (χ2v) is 8.73. The van der Waals surface area contributed by atoms with E-state index in [-0.39, 0.29) is 17.3 Å². The van der Waals surface area contributed by atoms with E-state index in [4.69, 9.17) is 5.73 Å². The minimum absolute atomic E-state index is 0.117. The van der Waals surface area contributed by atoms with Gasteiger partial charge in [0.25, 0.3) is 0 Å². The highest BCUT2D eigenvalue weighted by Crippen LogP contribution is 2.37. The van der Waals surface area contributed by atoms with Crippen LogP contribution in [0.15, 0.2) is 22.7 Å². The molecule has 2 N–H and O–H groups in total. The van der Waals surface area contributed by atoms with Crippen molar-refractivity contribution in [3.8, 4) is 0 Å². The van der Waals surface area contributed by atoms with Crippen molar-refractivity contribution in [3.05, 3.63) is 40.2 Å². The zero-order chi connectivity index (χ0) is 17.7. The van der Waals surface area contributed by atoms with E-state index in [1.54, 1.807) is 13.0 Å². The summed E-state index contributed by atoms with van der Waals surface area (Å²) in [6.07, 6.45) is 4.82. The number of hydrogen-bond acceptors (Lipinski definition) is 4. The first kappa shape index (κ1) is 17.0. The largest absolute Gasteiger partial charge is 0.369 e. The highest BCUT2D eigenvalue weighted by atomic mass is 32.2. The summed E-state index contributed by atoms with van der Waals surface area (Å²) in [4.78, 5) is 4.29. The van der Waals surface area contributed by atoms with Crippen molar-refractivity contribution in [1.82, 2.24) is 4.31 Å². The van der Waals surface area contributed by atoms with Crippen molar-refractivity contribution >= 4 is 22.1 Å². The number of fused-ring (bicyclic) bond motifs is 1. The van der Waals surface area contributed by atoms with Crippen LogP contribution in [0.5, 0.6) is 0 Å². The Morgan fingerprint density at radius 1 is 1.42 bits per heavy atom. The minimum Gasteiger partial charge on any atom is -0.369 e. The van der Waals surface area contributed by atoms with Crippen LogP contribution in [0.1, 0.15) is 43.4 Å². The summed E-state index contributed by atoms with van der Waals surface area (Å²) in [7, 11) is -2.26. The Kier molecular flexibility index (Phi) is 3.94. The molecule has 3 rings (SSSR count). The van der Waals surface area contributed by atoms with Crippen molar-refractivity contribution in [2.24, 2.45) is 10.7 Å². The quantitative estimate of drug-likeness (QED) is 0.908. The maximum atomic E-state index is 14.7. The summed E-state index contributed by atoms with van der Waals surface area (Å²) in [6, 6.07) is 3.23. The van der Waals surface area contributed by atoms with E-state index < -0.39 is 21.4 Å². The normalized spacial score (nSPS) is 25.2. The lowest BCUT2D eigenvalue weighted by atomic mass is 9.91. The average Bonchev–Trinajstić information content (AvgIpc) is 2.85. The monoisotopic (exact) mass is 351 g/mol. The van der Waals surface area contributed by atoms with Crippen LogP contribution in [0.4, 0.5) is 4.39 Å². The molecule has 24 heavy (non-hydrogen) atoms. The number of halogens is 1. The molecule has 0 fully saturated rings. The second kappa shape index (κ2) is 5.58. The molecule has 0 aromatic heterocycles. The fraction of sp³-hybridized carbons (Fsp3) is 0.471. The molecule has 0 bridgehead atoms. The van der Waals surface area contributed by atoms with Gasteiger partial charge in [-0.05, 0) is 43.0 Å². The van der Waals surface area contributed by atoms with Crippen molar-refractivity contribution in [3.63, 3.8) is 0 Å². The summed E-state index contributed by atoms with van der Waals surface area (Å²) in [5.74, 6) is -0.864. The SMILES string of the molecule is CCCC1=Cc2cc(F)c([C@]3(C)CS(=O)(=O)N(C)C(N)=N3)cc2C1. The van der Waals surface area contributed by atoms with Gasteiger partial charge in [-0.2, -0.15) is 0 Å². The number of guanidine groups is 1. The number of benzene rings is 1. The van der Waals surface area contributed by atoms with Crippen molar-refractivity contribution in [1.29, 1.82) is 0 Å². The predicted octanol–water partition coefficient (Wildman–Crippen LogP) is 2.37. The topological polar surface area (TPSA) is 75.8 Å². The molecule has 1 aliphatic carbocycles. The first-order chi connectivity index (χ1) is 11.2. The highest BCUT2D eigenvalue weighted by Gasteiger charge is 2.42. The van der Waals surface area contributed by atoms with Crippen LogP contribution in [0.3, 0.4) is 0 Å². The zero-order valence-corrected chi connectivity index (χ0v) is 15.0. The number of hydrogen-bond donors (Lipinski definition) is 1. The second-order valence-electron chi connectivity index (χ2n) is 6.73. The van der Waals surface area contributed by atoms with Gasteiger partial charge in [-0.25, -0.2) is 22.1 Å². The molecule has 0 saturated carbocycles. The molecule has 0 amide bonds. The van der Waals surface area contributed by atoms with Crippen molar-refractivity contribution in [2.75, 3.05) is 12.8 Å². The summed E-state index contributed by atoms with van der Waals surface area (Å²) in [6.45, 7) is 3.72. The summed E-state index contributed by atoms with van der Waals surface area (Å²) < 4.78 is 40.3. The van der Waals surface area contributed by atoms with Gasteiger partial charge in [-0.3, -0.25) is 0 Å². The lowest BCUT2D eigenvalue weighted by Gasteiger charge is -2.34. The summed E-state index contributed by atoms with van der Waals surface area (Å²) in [5.41, 5.74) is 7.98. The van der Waals surface area contributed by atoms with Crippen LogP contribution in [0.2, 0.25) is 0 Å². The molecule has 5 nitrogen and oxygen atoms in total. The zero-order valence-electron chi connectivity index (χ0n) is 14.1. The van der Waals surface area contributed by atoms with Crippen LogP contribution in [-0.2, 0) is 22.0 Å². The van der Waals surface area contributed by atoms with E-state index in [0.717, 1.165) is 34.7 Å². The molecule has 7 heteroatoms. The molecule has 0 saturated heterocycles. The van der Waals surface area contributed by atoms with Crippen LogP contribution in [-0.4, -0.2) is 31.5 Å². The number of aliphatic imine (C=N–C) groups is 1. The molecule has 130 valence electrons. The molecule has 0 spiro atoms. The Bertz CT molecular complexity index is 861. The fourth-order valence-corrected chi connectivity index (χ4v) is 4.87. The number of nitrogens with two attached hydrogens (primary N) is 1. The van der Waals surface area contributed by atoms with Gasteiger partial charge in [0.05, 0.1) is 5.75 Å². The van der Waals surface area contributed by atoms with Gasteiger partial charge in [-0.1, -0.05) is 25.0 Å². The van der Waals surface area contributed by atoms with E-state index >= 15 is 0 Å². The van der Waals surface area contributed by atoms with Gasteiger partial charge < -0.3 is 5.73 Å². The standard InChI is InChI=1S/C17H22FN3O2S/c1-4-5-11-6-12-8-14(15(18)9-13(12)7-11)17(2)10-24(22,23)21(3)16(19)20-17/h7-9H,4-6,10H2,1-3H3,(H2,19,20)/t17-/m0/s1. The van der Waals surface area contributed by atoms with E-state index in [9.17, 15) is 12.8 Å². The molecule has 2 aliphatic rings. The molecule has 1 heterocycles. The Morgan fingerprint density at radius 2 is 2.12 bits per heavy atom. The molecular weight excluding hydrogens is 329 g/mol. The Hall–Kier alpha value is -1.89. The average molecular weight is 351 g/mol. The summed E-state index contributed by atoms with van der Waals surface area (Å²) >= 11 is 0. The Balaban J connectivity index is 2.06. The van der Waals surface area contributed by atoms with Crippen molar-refractivity contribution < 1.29 is 12.8 Å². The lowest BCUT2D eigenvalue weighted by Crippen LogP contribution is -2.50. The third kappa shape index (κ3) is 2.70. The fourth-order valence-electron chi connectivity index (χ4n) is 3.42. The smallest absolute Gasteiger partial charge is 0.239 e. The number of sulfonamides is 1. The Labute approximate surface area is 142 Å². The van der Waals surface area contributed by atoms with Crippen LogP contribution in [0.25, 0.3) is 6.08 Å².